The number of esters is 1. The average Bonchev–Trinajstić information content (AvgIpc) is 2.89. The number of hydrogen-bond donors (Lipinski definition) is 1. The van der Waals surface area contributed by atoms with Crippen LogP contribution < -0.4 is 5.73 Å². The third-order valence-corrected chi connectivity index (χ3v) is 3.71. The van der Waals surface area contributed by atoms with Crippen molar-refractivity contribution in [2.24, 2.45) is 0 Å². The highest BCUT2D eigenvalue weighted by molar-refractivity contribution is 7.99. The van der Waals surface area contributed by atoms with Crippen molar-refractivity contribution >= 4 is 23.5 Å². The molecule has 2 heterocycles. The Morgan fingerprint density at radius 2 is 2.53 bits per heavy atom. The molecule has 0 saturated carbocycles. The molecular weight excluding hydrogens is 266 g/mol. The summed E-state index contributed by atoms with van der Waals surface area (Å²) in [4.78, 5) is 19.8. The number of anilines is 1. The monoisotopic (exact) mass is 283 g/mol. The molecule has 2 N–H and O–H groups in total. The number of nitrogens with zero attached hydrogens (tertiary/aromatic N) is 2. The number of carbonyl (C=O) groups is 1. The van der Waals surface area contributed by atoms with Crippen LogP contribution in [0.5, 0.6) is 0 Å². The fourth-order valence-electron chi connectivity index (χ4n) is 1.76. The van der Waals surface area contributed by atoms with Gasteiger partial charge in [-0.1, -0.05) is 11.8 Å². The maximum absolute atomic E-state index is 11.5. The van der Waals surface area contributed by atoms with E-state index in [0.717, 1.165) is 25.2 Å². The summed E-state index contributed by atoms with van der Waals surface area (Å²) in [6.07, 6.45) is 3.86. The van der Waals surface area contributed by atoms with Crippen LogP contribution in [-0.2, 0) is 9.47 Å². The number of hydrogen-bond acceptors (Lipinski definition) is 7. The average molecular weight is 283 g/mol. The van der Waals surface area contributed by atoms with E-state index < -0.39 is 5.97 Å². The number of carbonyl (C=O) groups excluding carboxylic acids is 1. The van der Waals surface area contributed by atoms with Crippen LogP contribution in [0.4, 0.5) is 5.82 Å². The van der Waals surface area contributed by atoms with Gasteiger partial charge in [0.15, 0.2) is 5.16 Å². The molecule has 0 radical (unpaired) electrons. The number of ether oxygens (including phenoxy) is 2. The Bertz CT molecular complexity index is 450. The molecule has 104 valence electrons. The molecule has 0 spiro atoms. The van der Waals surface area contributed by atoms with Gasteiger partial charge >= 0.3 is 5.97 Å². The van der Waals surface area contributed by atoms with E-state index in [1.165, 1.54) is 18.0 Å². The molecule has 0 amide bonds. The number of thioether (sulfide) groups is 1. The largest absolute Gasteiger partial charge is 0.462 e. The minimum atomic E-state index is -0.490. The second-order valence-corrected chi connectivity index (χ2v) is 5.11. The number of aromatic nitrogens is 2. The summed E-state index contributed by atoms with van der Waals surface area (Å²) in [7, 11) is 0. The molecule has 0 aromatic carbocycles. The standard InChI is InChI=1S/C12H17N3O3S/c1-2-17-11(16)9-6-14-12(15-10(9)13)19-7-8-4-3-5-18-8/h6,8H,2-5,7H2,1H3,(H2,13,14,15). The summed E-state index contributed by atoms with van der Waals surface area (Å²) in [6.45, 7) is 2.87. The zero-order valence-electron chi connectivity index (χ0n) is 10.8. The Balaban J connectivity index is 1.95. The van der Waals surface area contributed by atoms with Crippen LogP contribution in [0, 0.1) is 0 Å². The molecule has 1 saturated heterocycles. The molecule has 2 rings (SSSR count). The third-order valence-electron chi connectivity index (χ3n) is 2.71. The van der Waals surface area contributed by atoms with Crippen molar-refractivity contribution in [3.05, 3.63) is 11.8 Å². The summed E-state index contributed by atoms with van der Waals surface area (Å²) >= 11 is 1.49. The normalized spacial score (nSPS) is 18.5. The molecule has 1 aliphatic heterocycles. The number of nitrogens with two attached hydrogens (primary N) is 1. The molecule has 1 atom stereocenters. The van der Waals surface area contributed by atoms with E-state index in [2.05, 4.69) is 9.97 Å². The third kappa shape index (κ3) is 3.81. The van der Waals surface area contributed by atoms with Gasteiger partial charge in [0.1, 0.15) is 11.4 Å². The molecule has 6 nitrogen and oxygen atoms in total. The van der Waals surface area contributed by atoms with Crippen LogP contribution in [0.3, 0.4) is 0 Å². The van der Waals surface area contributed by atoms with E-state index >= 15 is 0 Å². The summed E-state index contributed by atoms with van der Waals surface area (Å²) in [6, 6.07) is 0. The van der Waals surface area contributed by atoms with Gasteiger partial charge in [0.05, 0.1) is 12.7 Å². The quantitative estimate of drug-likeness (QED) is 0.498. The van der Waals surface area contributed by atoms with Crippen LogP contribution in [0.2, 0.25) is 0 Å². The first-order valence-electron chi connectivity index (χ1n) is 6.24. The molecule has 7 heteroatoms. The Morgan fingerprint density at radius 3 is 3.16 bits per heavy atom. The van der Waals surface area contributed by atoms with Crippen molar-refractivity contribution in [2.75, 3.05) is 24.7 Å². The lowest BCUT2D eigenvalue weighted by Crippen LogP contribution is -2.12. The zero-order chi connectivity index (χ0) is 13.7. The van der Waals surface area contributed by atoms with Gasteiger partial charge in [-0.15, -0.1) is 0 Å². The van der Waals surface area contributed by atoms with Crippen molar-refractivity contribution in [1.82, 2.24) is 9.97 Å². The van der Waals surface area contributed by atoms with Crippen LogP contribution in [0.15, 0.2) is 11.4 Å². The summed E-state index contributed by atoms with van der Waals surface area (Å²) in [5.74, 6) is 0.469. The fourth-order valence-corrected chi connectivity index (χ4v) is 2.64. The van der Waals surface area contributed by atoms with Crippen LogP contribution in [-0.4, -0.2) is 41.0 Å². The Kier molecular flexibility index (Phi) is 4.98. The number of nitrogen functional groups attached to an aromatic ring is 1. The summed E-state index contributed by atoms with van der Waals surface area (Å²) < 4.78 is 10.4. The SMILES string of the molecule is CCOC(=O)c1cnc(SCC2CCCO2)nc1N. The molecule has 1 unspecified atom stereocenters. The predicted octanol–water partition coefficient (Wildman–Crippen LogP) is 1.51. The van der Waals surface area contributed by atoms with Gasteiger partial charge in [0.2, 0.25) is 0 Å². The molecule has 1 aliphatic rings. The molecule has 19 heavy (non-hydrogen) atoms. The second kappa shape index (κ2) is 6.72. The lowest BCUT2D eigenvalue weighted by molar-refractivity contribution is 0.0526. The molecule has 0 aliphatic carbocycles. The van der Waals surface area contributed by atoms with Crippen LogP contribution >= 0.6 is 11.8 Å². The van der Waals surface area contributed by atoms with Gasteiger partial charge in [-0.25, -0.2) is 14.8 Å². The summed E-state index contributed by atoms with van der Waals surface area (Å²) in [5, 5.41) is 0.557. The van der Waals surface area contributed by atoms with E-state index in [0.29, 0.717) is 11.8 Å². The lowest BCUT2D eigenvalue weighted by atomic mass is 10.3. The van der Waals surface area contributed by atoms with Crippen LogP contribution in [0.25, 0.3) is 0 Å². The Labute approximate surface area is 116 Å². The second-order valence-electron chi connectivity index (χ2n) is 4.12. The highest BCUT2D eigenvalue weighted by Crippen LogP contribution is 2.22. The fraction of sp³-hybridized carbons (Fsp3) is 0.583. The van der Waals surface area contributed by atoms with Crippen LogP contribution in [0.1, 0.15) is 30.1 Å². The number of rotatable bonds is 5. The first kappa shape index (κ1) is 14.1. The first-order valence-corrected chi connectivity index (χ1v) is 7.23. The van der Waals surface area contributed by atoms with E-state index in [4.69, 9.17) is 15.2 Å². The smallest absolute Gasteiger partial charge is 0.343 e. The van der Waals surface area contributed by atoms with Crippen molar-refractivity contribution in [3.8, 4) is 0 Å². The molecule has 1 aromatic heterocycles. The van der Waals surface area contributed by atoms with Gasteiger partial charge in [-0.05, 0) is 19.8 Å². The highest BCUT2D eigenvalue weighted by atomic mass is 32.2. The van der Waals surface area contributed by atoms with Gasteiger partial charge in [0, 0.05) is 18.6 Å². The van der Waals surface area contributed by atoms with E-state index in [9.17, 15) is 4.79 Å². The first-order chi connectivity index (χ1) is 9.20. The van der Waals surface area contributed by atoms with E-state index in [-0.39, 0.29) is 17.5 Å². The molecule has 0 bridgehead atoms. The molecule has 1 fully saturated rings. The lowest BCUT2D eigenvalue weighted by Gasteiger charge is -2.09. The van der Waals surface area contributed by atoms with Gasteiger partial charge in [-0.2, -0.15) is 0 Å². The minimum Gasteiger partial charge on any atom is -0.462 e. The molecule has 1 aromatic rings. The van der Waals surface area contributed by atoms with Crippen molar-refractivity contribution < 1.29 is 14.3 Å². The molecular formula is C12H17N3O3S. The van der Waals surface area contributed by atoms with E-state index in [1.54, 1.807) is 6.92 Å². The van der Waals surface area contributed by atoms with Crippen molar-refractivity contribution in [2.45, 2.75) is 31.0 Å². The highest BCUT2D eigenvalue weighted by Gasteiger charge is 2.18. The Morgan fingerprint density at radius 1 is 1.68 bits per heavy atom. The van der Waals surface area contributed by atoms with E-state index in [1.807, 2.05) is 0 Å². The minimum absolute atomic E-state index is 0.156. The van der Waals surface area contributed by atoms with Crippen molar-refractivity contribution in [1.29, 1.82) is 0 Å². The van der Waals surface area contributed by atoms with Gasteiger partial charge in [0.25, 0.3) is 0 Å². The predicted molar refractivity (Wildman–Crippen MR) is 72.1 cm³/mol. The topological polar surface area (TPSA) is 87.3 Å². The Hall–Kier alpha value is -1.34. The van der Waals surface area contributed by atoms with Crippen molar-refractivity contribution in [3.63, 3.8) is 0 Å². The maximum Gasteiger partial charge on any atom is 0.343 e. The zero-order valence-corrected chi connectivity index (χ0v) is 11.6. The van der Waals surface area contributed by atoms with Gasteiger partial charge < -0.3 is 15.2 Å². The summed E-state index contributed by atoms with van der Waals surface area (Å²) in [5.41, 5.74) is 5.95. The van der Waals surface area contributed by atoms with Gasteiger partial charge in [-0.3, -0.25) is 0 Å². The maximum atomic E-state index is 11.5.